The molecule has 0 saturated carbocycles. The molecule has 2 heterocycles. The summed E-state index contributed by atoms with van der Waals surface area (Å²) < 4.78 is 17.4. The van der Waals surface area contributed by atoms with E-state index in [1.54, 1.807) is 5.30 Å². The first kappa shape index (κ1) is 27.0. The van der Waals surface area contributed by atoms with Crippen molar-refractivity contribution < 1.29 is 9.47 Å². The summed E-state index contributed by atoms with van der Waals surface area (Å²) in [5.41, 5.74) is 0. The van der Waals surface area contributed by atoms with E-state index in [2.05, 4.69) is 102 Å². The van der Waals surface area contributed by atoms with Gasteiger partial charge in [-0.3, -0.25) is 0 Å². The first-order valence-electron chi connectivity index (χ1n) is 13.7. The summed E-state index contributed by atoms with van der Waals surface area (Å²) >= 11 is 0. The van der Waals surface area contributed by atoms with Gasteiger partial charge in [0.2, 0.25) is 0 Å². The van der Waals surface area contributed by atoms with Crippen molar-refractivity contribution in [3.63, 3.8) is 0 Å². The molecule has 7 heteroatoms. The van der Waals surface area contributed by atoms with Gasteiger partial charge in [0.05, 0.1) is 0 Å². The molecule has 2 fully saturated rings. The first-order chi connectivity index (χ1) is 18.2. The fourth-order valence-corrected chi connectivity index (χ4v) is 14.9. The van der Waals surface area contributed by atoms with Gasteiger partial charge < -0.3 is 0 Å². The molecule has 4 nitrogen and oxygen atoms in total. The van der Waals surface area contributed by atoms with Crippen molar-refractivity contribution in [3.8, 4) is 0 Å². The number of rotatable bonds is 10. The average Bonchev–Trinajstić information content (AvgIpc) is 3.61. The van der Waals surface area contributed by atoms with Crippen molar-refractivity contribution in [2.75, 3.05) is 40.5 Å². The third-order valence-electron chi connectivity index (χ3n) is 8.27. The second-order valence-electron chi connectivity index (χ2n) is 10.4. The van der Waals surface area contributed by atoms with Gasteiger partial charge in [-0.15, -0.1) is 0 Å². The second kappa shape index (κ2) is 12.5. The van der Waals surface area contributed by atoms with Crippen LogP contribution in [0.4, 0.5) is 0 Å². The Morgan fingerprint density at radius 2 is 1.19 bits per heavy atom. The predicted octanol–water partition coefficient (Wildman–Crippen LogP) is 3.42. The van der Waals surface area contributed by atoms with Crippen LogP contribution in [-0.4, -0.2) is 69.5 Å². The zero-order valence-electron chi connectivity index (χ0n) is 22.6. The van der Waals surface area contributed by atoms with E-state index >= 15 is 0 Å². The molecule has 0 radical (unpaired) electrons. The number of benzene rings is 3. The first-order valence-corrected chi connectivity index (χ1v) is 17.4. The van der Waals surface area contributed by atoms with E-state index in [4.69, 9.17) is 9.47 Å². The van der Waals surface area contributed by atoms with Crippen LogP contribution in [0.15, 0.2) is 84.9 Å². The van der Waals surface area contributed by atoms with E-state index in [-0.39, 0.29) is 0 Å². The summed E-state index contributed by atoms with van der Waals surface area (Å²) in [6.07, 6.45) is 4.92. The summed E-state index contributed by atoms with van der Waals surface area (Å²) in [6, 6.07) is 32.7. The summed E-state index contributed by atoms with van der Waals surface area (Å²) in [7, 11) is 3.34. The van der Waals surface area contributed by atoms with Crippen molar-refractivity contribution >= 4 is 44.1 Å². The van der Waals surface area contributed by atoms with Crippen LogP contribution < -0.4 is 21.2 Å². The average molecular weight is 534 g/mol. The molecule has 196 valence electrons. The number of methoxy groups -OCH3 is 2. The molecule has 37 heavy (non-hydrogen) atoms. The molecule has 2 aliphatic heterocycles. The van der Waals surface area contributed by atoms with Crippen molar-refractivity contribution in [2.45, 2.75) is 37.8 Å². The molecule has 0 amide bonds. The molecule has 0 bridgehead atoms. The van der Waals surface area contributed by atoms with Gasteiger partial charge >= 0.3 is 226 Å². The molecule has 5 rings (SSSR count). The normalized spacial score (nSPS) is 21.6. The van der Waals surface area contributed by atoms with Crippen LogP contribution in [0.3, 0.4) is 0 Å². The molecule has 2 saturated heterocycles. The molecule has 0 unspecified atom stereocenters. The standard InChI is InChI=1S/C30H41BN2O2P2/c1-34-23-25-13-11-21-32(25)37(31,33-22-12-14-26(33)24-35-2)30-20-10-9-19-29(30)36(27-15-5-3-6-16-27)28-17-7-4-8-18-28/h3-10,15-20,25-26,37H,11-14,21-24,31H2,1-2H3/t25-,26-/m0/s1. The Morgan fingerprint density at radius 1 is 0.730 bits per heavy atom. The molecule has 0 aromatic heterocycles. The quantitative estimate of drug-likeness (QED) is 0.294. The van der Waals surface area contributed by atoms with Gasteiger partial charge in [0, 0.05) is 0 Å². The minimum absolute atomic E-state index is 0.471. The van der Waals surface area contributed by atoms with Gasteiger partial charge in [0.1, 0.15) is 0 Å². The topological polar surface area (TPSA) is 24.9 Å². The molecule has 3 aromatic rings. The van der Waals surface area contributed by atoms with Crippen LogP contribution in [0.5, 0.6) is 0 Å². The molecular weight excluding hydrogens is 493 g/mol. The SMILES string of the molecule is B[PH](c1ccccc1P(c1ccccc1)c1ccccc1)(N1CCC[C@H]1COC)N1CCC[C@H]1COC. The zero-order chi connectivity index (χ0) is 25.7. The van der Waals surface area contributed by atoms with E-state index < -0.39 is 15.4 Å². The van der Waals surface area contributed by atoms with Crippen molar-refractivity contribution in [1.29, 1.82) is 0 Å². The molecule has 3 aromatic carbocycles. The molecule has 0 spiro atoms. The van der Waals surface area contributed by atoms with E-state index in [9.17, 15) is 0 Å². The Bertz CT molecular complexity index is 1070. The maximum absolute atomic E-state index is 5.78. The Hall–Kier alpha value is -1.58. The molecule has 0 aliphatic carbocycles. The third kappa shape index (κ3) is 5.46. The van der Waals surface area contributed by atoms with Gasteiger partial charge in [-0.2, -0.15) is 0 Å². The molecule has 2 aliphatic rings. The fraction of sp³-hybridized carbons (Fsp3) is 0.400. The van der Waals surface area contributed by atoms with E-state index in [0.717, 1.165) is 26.3 Å². The Balaban J connectivity index is 1.70. The van der Waals surface area contributed by atoms with Crippen molar-refractivity contribution in [2.24, 2.45) is 0 Å². The number of hydrogen-bond donors (Lipinski definition) is 0. The number of hydrogen-bond acceptors (Lipinski definition) is 4. The summed E-state index contributed by atoms with van der Waals surface area (Å²) in [5, 5.41) is 5.91. The van der Waals surface area contributed by atoms with E-state index in [0.29, 0.717) is 12.1 Å². The Morgan fingerprint density at radius 3 is 1.68 bits per heavy atom. The molecule has 0 N–H and O–H groups in total. The monoisotopic (exact) mass is 534 g/mol. The van der Waals surface area contributed by atoms with Crippen LogP contribution in [-0.2, 0) is 9.47 Å². The number of ether oxygens (including phenoxy) is 2. The van der Waals surface area contributed by atoms with Crippen LogP contribution >= 0.6 is 15.4 Å². The summed E-state index contributed by atoms with van der Waals surface area (Å²) in [4.78, 5) is 0. The zero-order valence-corrected chi connectivity index (χ0v) is 24.4. The van der Waals surface area contributed by atoms with Gasteiger partial charge in [-0.05, 0) is 0 Å². The van der Waals surface area contributed by atoms with Gasteiger partial charge in [-0.25, -0.2) is 0 Å². The number of nitrogens with zero attached hydrogens (tertiary/aromatic N) is 2. The maximum atomic E-state index is 5.78. The van der Waals surface area contributed by atoms with E-state index in [1.165, 1.54) is 41.6 Å². The van der Waals surface area contributed by atoms with Gasteiger partial charge in [0.25, 0.3) is 0 Å². The molecular formula is C30H41BN2O2P2. The fourth-order valence-electron chi connectivity index (χ4n) is 6.67. The molecule has 2 atom stereocenters. The van der Waals surface area contributed by atoms with E-state index in [1.807, 2.05) is 14.2 Å². The summed E-state index contributed by atoms with van der Waals surface area (Å²) in [6.45, 7) is 3.91. The summed E-state index contributed by atoms with van der Waals surface area (Å²) in [5.74, 6) is 0. The van der Waals surface area contributed by atoms with Crippen LogP contribution in [0.2, 0.25) is 0 Å². The van der Waals surface area contributed by atoms with Crippen LogP contribution in [0.25, 0.3) is 0 Å². The second-order valence-corrected chi connectivity index (χ2v) is 16.3. The Kier molecular flexibility index (Phi) is 9.14. The van der Waals surface area contributed by atoms with Crippen LogP contribution in [0.1, 0.15) is 25.7 Å². The minimum atomic E-state index is -2.31. The van der Waals surface area contributed by atoms with Gasteiger partial charge in [-0.1, -0.05) is 0 Å². The van der Waals surface area contributed by atoms with Crippen LogP contribution in [0, 0.1) is 0 Å². The third-order valence-corrected chi connectivity index (χ3v) is 15.9. The van der Waals surface area contributed by atoms with Crippen molar-refractivity contribution in [1.82, 2.24) is 9.34 Å². The van der Waals surface area contributed by atoms with Crippen molar-refractivity contribution in [3.05, 3.63) is 84.9 Å². The Labute approximate surface area is 225 Å². The van der Waals surface area contributed by atoms with Gasteiger partial charge in [0.15, 0.2) is 0 Å². The predicted molar refractivity (Wildman–Crippen MR) is 165 cm³/mol.